The van der Waals surface area contributed by atoms with Crippen LogP contribution in [0.3, 0.4) is 0 Å². The fraction of sp³-hybridized carbons (Fsp3) is 0.375. The summed E-state index contributed by atoms with van der Waals surface area (Å²) in [5, 5.41) is 14.0. The molecule has 3 heterocycles. The zero-order valence-corrected chi connectivity index (χ0v) is 13.8. The molecule has 0 amide bonds. The second kappa shape index (κ2) is 6.46. The van der Waals surface area contributed by atoms with Gasteiger partial charge in [-0.3, -0.25) is 4.68 Å². The molecule has 3 rings (SSSR count). The molecule has 3 aromatic rings. The number of nitrogens with zero attached hydrogens (tertiary/aromatic N) is 3. The Bertz CT molecular complexity index is 716. The third-order valence-corrected chi connectivity index (χ3v) is 4.68. The Morgan fingerprint density at radius 3 is 2.95 bits per heavy atom. The highest BCUT2D eigenvalue weighted by Gasteiger charge is 2.15. The normalized spacial score (nSPS) is 14.1. The van der Waals surface area contributed by atoms with Crippen molar-refractivity contribution >= 4 is 11.3 Å². The average Bonchev–Trinajstić information content (AvgIpc) is 3.24. The van der Waals surface area contributed by atoms with Gasteiger partial charge in [-0.15, -0.1) is 11.3 Å². The smallest absolute Gasteiger partial charge is 0.177 e. The molecule has 0 aliphatic heterocycles. The number of hydrogen-bond donors (Lipinski definition) is 1. The molecule has 0 saturated heterocycles. The van der Waals surface area contributed by atoms with Crippen molar-refractivity contribution in [3.05, 3.63) is 47.2 Å². The van der Waals surface area contributed by atoms with E-state index in [1.165, 1.54) is 5.56 Å². The number of nitrogens with one attached hydrogen (secondary N) is 1. The molecule has 1 N–H and O–H groups in total. The van der Waals surface area contributed by atoms with Gasteiger partial charge in [-0.1, -0.05) is 11.2 Å². The van der Waals surface area contributed by atoms with Crippen LogP contribution in [0.25, 0.3) is 10.6 Å². The summed E-state index contributed by atoms with van der Waals surface area (Å²) in [4.78, 5) is 1.10. The largest absolute Gasteiger partial charge is 0.355 e. The highest BCUT2D eigenvalue weighted by Crippen LogP contribution is 2.25. The number of rotatable bonds is 6. The van der Waals surface area contributed by atoms with E-state index in [1.54, 1.807) is 11.3 Å². The summed E-state index contributed by atoms with van der Waals surface area (Å²) >= 11 is 1.65. The molecule has 0 aliphatic rings. The van der Waals surface area contributed by atoms with Crippen molar-refractivity contribution in [2.24, 2.45) is 0 Å². The van der Waals surface area contributed by atoms with Crippen molar-refractivity contribution in [3.8, 4) is 10.6 Å². The zero-order chi connectivity index (χ0) is 15.5. The van der Waals surface area contributed by atoms with Crippen molar-refractivity contribution in [1.82, 2.24) is 20.3 Å². The molecular weight excluding hydrogens is 296 g/mol. The summed E-state index contributed by atoms with van der Waals surface area (Å²) in [6.07, 6.45) is 3.95. The summed E-state index contributed by atoms with van der Waals surface area (Å²) in [5.41, 5.74) is 2.09. The van der Waals surface area contributed by atoms with Crippen LogP contribution in [-0.4, -0.2) is 21.0 Å². The van der Waals surface area contributed by atoms with Crippen LogP contribution in [-0.2, 0) is 6.54 Å². The van der Waals surface area contributed by atoms with Gasteiger partial charge in [-0.25, -0.2) is 0 Å². The summed E-state index contributed by atoms with van der Waals surface area (Å²) in [5.74, 6) is 0.829. The first-order chi connectivity index (χ1) is 10.6. The average molecular weight is 316 g/mol. The molecule has 6 heteroatoms. The predicted molar refractivity (Wildman–Crippen MR) is 87.8 cm³/mol. The molecule has 0 fully saturated rings. The Kier molecular flexibility index (Phi) is 4.40. The van der Waals surface area contributed by atoms with Gasteiger partial charge < -0.3 is 9.84 Å². The van der Waals surface area contributed by atoms with E-state index in [-0.39, 0.29) is 12.1 Å². The highest BCUT2D eigenvalue weighted by atomic mass is 32.1. The molecule has 3 aromatic heterocycles. The molecule has 0 unspecified atom stereocenters. The van der Waals surface area contributed by atoms with E-state index in [0.717, 1.165) is 16.3 Å². The van der Waals surface area contributed by atoms with Gasteiger partial charge in [0.1, 0.15) is 0 Å². The van der Waals surface area contributed by atoms with Crippen LogP contribution in [0, 0.1) is 6.92 Å². The van der Waals surface area contributed by atoms with Gasteiger partial charge in [0.25, 0.3) is 0 Å². The first-order valence-electron chi connectivity index (χ1n) is 7.37. The maximum atomic E-state index is 5.39. The minimum atomic E-state index is 0.275. The second-order valence-electron chi connectivity index (χ2n) is 5.57. The van der Waals surface area contributed by atoms with Crippen molar-refractivity contribution < 1.29 is 4.52 Å². The molecule has 0 aliphatic carbocycles. The second-order valence-corrected chi connectivity index (χ2v) is 6.52. The van der Waals surface area contributed by atoms with Crippen LogP contribution < -0.4 is 5.32 Å². The van der Waals surface area contributed by atoms with Crippen LogP contribution in [0.2, 0.25) is 0 Å². The van der Waals surface area contributed by atoms with E-state index in [2.05, 4.69) is 42.5 Å². The molecule has 0 bridgehead atoms. The molecule has 0 spiro atoms. The van der Waals surface area contributed by atoms with Crippen LogP contribution in [0.15, 0.2) is 40.5 Å². The fourth-order valence-corrected chi connectivity index (χ4v) is 2.92. The Balaban J connectivity index is 1.58. The molecule has 0 aromatic carbocycles. The van der Waals surface area contributed by atoms with Gasteiger partial charge in [-0.2, -0.15) is 5.10 Å². The lowest BCUT2D eigenvalue weighted by molar-refractivity contribution is 0.357. The fourth-order valence-electron chi connectivity index (χ4n) is 2.25. The molecule has 2 atom stereocenters. The topological polar surface area (TPSA) is 55.9 Å². The lowest BCUT2D eigenvalue weighted by atomic mass is 10.1. The van der Waals surface area contributed by atoms with E-state index >= 15 is 0 Å². The maximum absolute atomic E-state index is 5.39. The van der Waals surface area contributed by atoms with E-state index in [9.17, 15) is 0 Å². The van der Waals surface area contributed by atoms with Crippen molar-refractivity contribution in [1.29, 1.82) is 0 Å². The standard InChI is InChI=1S/C16H20N4OS/c1-11-8-18-20(10-11)13(3)12(2)17-9-14-7-15(21-19-14)16-5-4-6-22-16/h4-8,10,12-13,17H,9H2,1-3H3/t12-,13-/m1/s1. The Labute approximate surface area is 133 Å². The monoisotopic (exact) mass is 316 g/mol. The molecular formula is C16H20N4OS. The van der Waals surface area contributed by atoms with Gasteiger partial charge in [0.15, 0.2) is 5.76 Å². The van der Waals surface area contributed by atoms with Crippen molar-refractivity contribution in [3.63, 3.8) is 0 Å². The maximum Gasteiger partial charge on any atom is 0.177 e. The minimum Gasteiger partial charge on any atom is -0.355 e. The van der Waals surface area contributed by atoms with Crippen LogP contribution in [0.4, 0.5) is 0 Å². The van der Waals surface area contributed by atoms with E-state index in [4.69, 9.17) is 4.52 Å². The van der Waals surface area contributed by atoms with E-state index in [0.29, 0.717) is 6.54 Å². The Morgan fingerprint density at radius 1 is 1.41 bits per heavy atom. The molecule has 0 radical (unpaired) electrons. The Morgan fingerprint density at radius 2 is 2.27 bits per heavy atom. The first kappa shape index (κ1) is 15.0. The van der Waals surface area contributed by atoms with Gasteiger partial charge in [-0.05, 0) is 37.8 Å². The van der Waals surface area contributed by atoms with Gasteiger partial charge in [0.2, 0.25) is 0 Å². The molecule has 5 nitrogen and oxygen atoms in total. The SMILES string of the molecule is Cc1cnn([C@H](C)[C@@H](C)NCc2cc(-c3cccs3)on2)c1. The van der Waals surface area contributed by atoms with Crippen LogP contribution >= 0.6 is 11.3 Å². The van der Waals surface area contributed by atoms with Gasteiger partial charge >= 0.3 is 0 Å². The quantitative estimate of drug-likeness (QED) is 0.754. The number of aromatic nitrogens is 3. The van der Waals surface area contributed by atoms with Gasteiger partial charge in [0.05, 0.1) is 22.8 Å². The van der Waals surface area contributed by atoms with Crippen molar-refractivity contribution in [2.75, 3.05) is 0 Å². The number of thiophene rings is 1. The highest BCUT2D eigenvalue weighted by molar-refractivity contribution is 7.13. The first-order valence-corrected chi connectivity index (χ1v) is 8.25. The van der Waals surface area contributed by atoms with E-state index < -0.39 is 0 Å². The third kappa shape index (κ3) is 3.28. The van der Waals surface area contributed by atoms with Crippen molar-refractivity contribution in [2.45, 2.75) is 39.4 Å². The summed E-state index contributed by atoms with van der Waals surface area (Å²) in [7, 11) is 0. The molecule has 116 valence electrons. The van der Waals surface area contributed by atoms with Gasteiger partial charge in [0, 0.05) is 24.8 Å². The number of hydrogen-bond acceptors (Lipinski definition) is 5. The third-order valence-electron chi connectivity index (χ3n) is 3.80. The summed E-state index contributed by atoms with van der Waals surface area (Å²) < 4.78 is 7.39. The lowest BCUT2D eigenvalue weighted by Gasteiger charge is -2.21. The number of aryl methyl sites for hydroxylation is 1. The zero-order valence-electron chi connectivity index (χ0n) is 13.0. The lowest BCUT2D eigenvalue weighted by Crippen LogP contribution is -2.33. The predicted octanol–water partition coefficient (Wildman–Crippen LogP) is 3.65. The minimum absolute atomic E-state index is 0.275. The van der Waals surface area contributed by atoms with Crippen LogP contribution in [0.5, 0.6) is 0 Å². The molecule has 22 heavy (non-hydrogen) atoms. The van der Waals surface area contributed by atoms with Crippen LogP contribution in [0.1, 0.15) is 31.1 Å². The molecule has 0 saturated carbocycles. The van der Waals surface area contributed by atoms with E-state index in [1.807, 2.05) is 34.5 Å². The Hall–Kier alpha value is -1.92. The summed E-state index contributed by atoms with van der Waals surface area (Å²) in [6.45, 7) is 7.04. The summed E-state index contributed by atoms with van der Waals surface area (Å²) in [6, 6.07) is 6.59.